The van der Waals surface area contributed by atoms with Gasteiger partial charge in [0.05, 0.1) is 19.8 Å². The fraction of sp³-hybridized carbons (Fsp3) is 0.500. The van der Waals surface area contributed by atoms with E-state index in [1.807, 2.05) is 0 Å². The van der Waals surface area contributed by atoms with Crippen LogP contribution in [0.1, 0.15) is 0 Å². The molecule has 19 heteroatoms. The summed E-state index contributed by atoms with van der Waals surface area (Å²) in [5.74, 6) is -8.34. The third-order valence-corrected chi connectivity index (χ3v) is 4.43. The van der Waals surface area contributed by atoms with Crippen molar-refractivity contribution in [2.75, 3.05) is 19.8 Å². The molecule has 0 aromatic carbocycles. The van der Waals surface area contributed by atoms with E-state index < -0.39 is 109 Å². The third-order valence-electron chi connectivity index (χ3n) is 4.43. The Morgan fingerprint density at radius 2 is 0.703 bits per heavy atom. The van der Waals surface area contributed by atoms with Gasteiger partial charge in [-0.25, -0.2) is 14.4 Å². The van der Waals surface area contributed by atoms with Crippen LogP contribution >= 0.6 is 0 Å². The normalized spacial score (nSPS) is 25.1. The van der Waals surface area contributed by atoms with E-state index in [0.717, 1.165) is 0 Å². The van der Waals surface area contributed by atoms with E-state index in [9.17, 15) is 14.4 Å². The molecule has 37 heavy (non-hydrogen) atoms. The average molecular weight is 584 g/mol. The quantitative estimate of drug-likeness (QED) is 0.0799. The maximum atomic E-state index is 10.5. The number of esters is 3. The largest absolute Gasteiger partial charge is 0.505 e. The first-order valence-corrected chi connectivity index (χ1v) is 9.59. The van der Waals surface area contributed by atoms with E-state index in [4.69, 9.17) is 61.3 Å². The molecule has 0 radical (unpaired) electrons. The van der Waals surface area contributed by atoms with Gasteiger partial charge in [0, 0.05) is 17.1 Å². The van der Waals surface area contributed by atoms with Gasteiger partial charge in [-0.3, -0.25) is 0 Å². The molecule has 12 N–H and O–H groups in total. The molecule has 3 rings (SSSR count). The van der Waals surface area contributed by atoms with E-state index >= 15 is 0 Å². The van der Waals surface area contributed by atoms with Gasteiger partial charge < -0.3 is 75.5 Å². The standard InChI is InChI=1S/3C6H8O6.Fe/c3*7-1-2(8)5-3(9)4(10)6(11)12-5;/h3*2,5,7-10H,1H2;/t3*2-,5+;/m000./s1. The Morgan fingerprint density at radius 1 is 0.514 bits per heavy atom. The molecule has 0 unspecified atom stereocenters. The van der Waals surface area contributed by atoms with Gasteiger partial charge in [-0.15, -0.1) is 0 Å². The van der Waals surface area contributed by atoms with Crippen molar-refractivity contribution in [3.8, 4) is 0 Å². The maximum Gasteiger partial charge on any atom is 0.377 e. The molecule has 212 valence electrons. The fourth-order valence-corrected chi connectivity index (χ4v) is 2.47. The van der Waals surface area contributed by atoms with Gasteiger partial charge >= 0.3 is 17.9 Å². The minimum atomic E-state index is -1.42. The van der Waals surface area contributed by atoms with E-state index in [1.165, 1.54) is 0 Å². The van der Waals surface area contributed by atoms with Crippen molar-refractivity contribution in [3.05, 3.63) is 34.6 Å². The fourth-order valence-electron chi connectivity index (χ4n) is 2.47. The van der Waals surface area contributed by atoms with Crippen LogP contribution in [0.2, 0.25) is 0 Å². The number of hydrogen-bond acceptors (Lipinski definition) is 18. The summed E-state index contributed by atoms with van der Waals surface area (Å²) in [6.45, 7) is -2.01. The summed E-state index contributed by atoms with van der Waals surface area (Å²) >= 11 is 0. The number of carbonyl (C=O) groups excluding carboxylic acids is 3. The molecule has 0 aromatic rings. The SMILES string of the molecule is O=C1O[C@H]([C@@H](O)CO)C(O)=C1O.O=C1O[C@H]([C@@H](O)CO)C(O)=C1O.O=C1O[C@H]([C@@H](O)CO)C(O)=C1O.[Fe]. The van der Waals surface area contributed by atoms with Gasteiger partial charge in [0.1, 0.15) is 18.3 Å². The molecule has 0 amide bonds. The van der Waals surface area contributed by atoms with Gasteiger partial charge in [-0.2, -0.15) is 0 Å². The minimum absolute atomic E-state index is 0. The zero-order valence-electron chi connectivity index (χ0n) is 18.3. The first-order valence-electron chi connectivity index (χ1n) is 9.59. The Kier molecular flexibility index (Phi) is 13.2. The number of rotatable bonds is 6. The van der Waals surface area contributed by atoms with Gasteiger partial charge in [0.2, 0.25) is 17.3 Å². The maximum absolute atomic E-state index is 10.5. The van der Waals surface area contributed by atoms with Crippen LogP contribution in [0.5, 0.6) is 0 Å². The van der Waals surface area contributed by atoms with Gasteiger partial charge in [-0.05, 0) is 0 Å². The topological polar surface area (TPSA) is 322 Å². The minimum Gasteiger partial charge on any atom is -0.505 e. The molecule has 0 bridgehead atoms. The van der Waals surface area contributed by atoms with Crippen LogP contribution < -0.4 is 0 Å². The molecular formula is C18H24FeO18. The Labute approximate surface area is 216 Å². The van der Waals surface area contributed by atoms with Crippen molar-refractivity contribution in [2.24, 2.45) is 0 Å². The predicted octanol–water partition coefficient (Wildman–Crippen LogP) is -4.22. The van der Waals surface area contributed by atoms with Crippen LogP contribution in [-0.4, -0.2) is 136 Å². The summed E-state index contributed by atoms with van der Waals surface area (Å²) in [5.41, 5.74) is 0. The Bertz CT molecular complexity index is 822. The molecule has 0 fully saturated rings. The molecule has 0 aliphatic carbocycles. The second-order valence-electron chi connectivity index (χ2n) is 6.93. The number of ether oxygens (including phenoxy) is 3. The van der Waals surface area contributed by atoms with E-state index in [1.54, 1.807) is 0 Å². The van der Waals surface area contributed by atoms with E-state index in [2.05, 4.69) is 14.2 Å². The van der Waals surface area contributed by atoms with Crippen LogP contribution in [0.25, 0.3) is 0 Å². The van der Waals surface area contributed by atoms with Crippen molar-refractivity contribution < 1.29 is 107 Å². The summed E-state index contributed by atoms with van der Waals surface area (Å²) in [6.07, 6.45) is -8.33. The van der Waals surface area contributed by atoms with Crippen molar-refractivity contribution in [3.63, 3.8) is 0 Å². The summed E-state index contributed by atoms with van der Waals surface area (Å²) in [5, 5.41) is 105. The molecule has 3 heterocycles. The summed E-state index contributed by atoms with van der Waals surface area (Å²) in [6, 6.07) is 0. The second kappa shape index (κ2) is 14.4. The van der Waals surface area contributed by atoms with Crippen molar-refractivity contribution in [1.82, 2.24) is 0 Å². The Morgan fingerprint density at radius 3 is 0.811 bits per heavy atom. The molecule has 18 nitrogen and oxygen atoms in total. The summed E-state index contributed by atoms with van der Waals surface area (Å²) in [4.78, 5) is 31.6. The van der Waals surface area contributed by atoms with E-state index in [-0.39, 0.29) is 17.1 Å². The summed E-state index contributed by atoms with van der Waals surface area (Å²) in [7, 11) is 0. The molecule has 0 aromatic heterocycles. The molecule has 3 aliphatic rings. The van der Waals surface area contributed by atoms with Gasteiger partial charge in [0.25, 0.3) is 0 Å². The Balaban J connectivity index is 0.000000518. The van der Waals surface area contributed by atoms with Gasteiger partial charge in [-0.1, -0.05) is 0 Å². The predicted molar refractivity (Wildman–Crippen MR) is 106 cm³/mol. The summed E-state index contributed by atoms with van der Waals surface area (Å²) < 4.78 is 12.9. The van der Waals surface area contributed by atoms with Crippen LogP contribution in [0.15, 0.2) is 34.6 Å². The van der Waals surface area contributed by atoms with Crippen LogP contribution in [-0.2, 0) is 45.7 Å². The van der Waals surface area contributed by atoms with Crippen molar-refractivity contribution in [2.45, 2.75) is 36.6 Å². The second-order valence-corrected chi connectivity index (χ2v) is 6.93. The zero-order valence-corrected chi connectivity index (χ0v) is 19.4. The molecular weight excluding hydrogens is 560 g/mol. The van der Waals surface area contributed by atoms with Crippen LogP contribution in [0.3, 0.4) is 0 Å². The van der Waals surface area contributed by atoms with Crippen LogP contribution in [0, 0.1) is 0 Å². The average Bonchev–Trinajstić information content (AvgIpc) is 3.40. The Hall–Kier alpha value is -3.29. The number of hydrogen-bond donors (Lipinski definition) is 12. The number of aliphatic hydroxyl groups is 12. The monoisotopic (exact) mass is 584 g/mol. The molecule has 0 saturated carbocycles. The number of carbonyl (C=O) groups is 3. The van der Waals surface area contributed by atoms with E-state index in [0.29, 0.717) is 0 Å². The van der Waals surface area contributed by atoms with Gasteiger partial charge in [0.15, 0.2) is 35.6 Å². The first-order chi connectivity index (χ1) is 16.7. The molecule has 6 atom stereocenters. The number of cyclic esters (lactones) is 3. The van der Waals surface area contributed by atoms with Crippen LogP contribution in [0.4, 0.5) is 0 Å². The third kappa shape index (κ3) is 7.84. The smallest absolute Gasteiger partial charge is 0.377 e. The molecule has 0 saturated heterocycles. The first kappa shape index (κ1) is 33.7. The zero-order chi connectivity index (χ0) is 27.9. The molecule has 3 aliphatic heterocycles. The number of aliphatic hydroxyl groups excluding tert-OH is 12. The van der Waals surface area contributed by atoms with Crippen molar-refractivity contribution >= 4 is 17.9 Å². The molecule has 0 spiro atoms. The van der Waals surface area contributed by atoms with Crippen molar-refractivity contribution in [1.29, 1.82) is 0 Å².